The van der Waals surface area contributed by atoms with E-state index in [1.54, 1.807) is 0 Å². The van der Waals surface area contributed by atoms with Crippen LogP contribution in [-0.4, -0.2) is 4.98 Å². The summed E-state index contributed by atoms with van der Waals surface area (Å²) in [5.41, 5.74) is 4.26. The average Bonchev–Trinajstić information content (AvgIpc) is 2.95. The third-order valence-corrected chi connectivity index (χ3v) is 3.33. The van der Waals surface area contributed by atoms with E-state index in [0.29, 0.717) is 5.56 Å². The molecule has 2 N–H and O–H groups in total. The van der Waals surface area contributed by atoms with Crippen molar-refractivity contribution in [3.05, 3.63) is 71.4 Å². The minimum absolute atomic E-state index is 0.707. The van der Waals surface area contributed by atoms with Gasteiger partial charge in [-0.3, -0.25) is 0 Å². The van der Waals surface area contributed by atoms with Gasteiger partial charge in [-0.15, -0.1) is 0 Å². The lowest BCUT2D eigenvalue weighted by molar-refractivity contribution is 0.694. The molecular formula is C17H15N3. The van der Waals surface area contributed by atoms with Gasteiger partial charge in [0.2, 0.25) is 0 Å². The Labute approximate surface area is 117 Å². The van der Waals surface area contributed by atoms with Crippen molar-refractivity contribution < 1.29 is 0 Å². The molecule has 0 saturated carbocycles. The van der Waals surface area contributed by atoms with Crippen molar-refractivity contribution in [1.29, 1.82) is 5.26 Å². The van der Waals surface area contributed by atoms with E-state index in [4.69, 9.17) is 5.26 Å². The molecule has 0 saturated heterocycles. The van der Waals surface area contributed by atoms with Gasteiger partial charge in [-0.05, 0) is 46.8 Å². The summed E-state index contributed by atoms with van der Waals surface area (Å²) in [6, 6.07) is 18.3. The maximum Gasteiger partial charge on any atom is 0.0991 e. The first-order valence-corrected chi connectivity index (χ1v) is 6.61. The van der Waals surface area contributed by atoms with E-state index in [0.717, 1.165) is 24.2 Å². The molecule has 98 valence electrons. The van der Waals surface area contributed by atoms with E-state index in [2.05, 4.69) is 40.6 Å². The summed E-state index contributed by atoms with van der Waals surface area (Å²) in [6.45, 7) is 1.58. The van der Waals surface area contributed by atoms with Gasteiger partial charge in [0.05, 0.1) is 11.6 Å². The lowest BCUT2D eigenvalue weighted by atomic mass is 10.1. The molecule has 0 unspecified atom stereocenters. The van der Waals surface area contributed by atoms with E-state index >= 15 is 0 Å². The minimum Gasteiger partial charge on any atom is -0.361 e. The Morgan fingerprint density at radius 2 is 1.85 bits per heavy atom. The quantitative estimate of drug-likeness (QED) is 0.757. The summed E-state index contributed by atoms with van der Waals surface area (Å²) in [6.07, 6.45) is 1.95. The summed E-state index contributed by atoms with van der Waals surface area (Å²) in [5.74, 6) is 0. The smallest absolute Gasteiger partial charge is 0.0991 e. The maximum absolute atomic E-state index is 8.87. The number of aromatic amines is 1. The second-order valence-electron chi connectivity index (χ2n) is 4.82. The molecule has 0 bridgehead atoms. The molecule has 3 heteroatoms. The van der Waals surface area contributed by atoms with Crippen LogP contribution in [0.25, 0.3) is 10.9 Å². The topological polar surface area (TPSA) is 51.6 Å². The van der Waals surface area contributed by atoms with Crippen LogP contribution in [0.5, 0.6) is 0 Å². The zero-order valence-corrected chi connectivity index (χ0v) is 11.1. The highest BCUT2D eigenvalue weighted by molar-refractivity contribution is 5.79. The minimum atomic E-state index is 0.707. The van der Waals surface area contributed by atoms with Crippen LogP contribution < -0.4 is 5.32 Å². The number of hydrogen-bond donors (Lipinski definition) is 2. The van der Waals surface area contributed by atoms with Crippen molar-refractivity contribution >= 4 is 10.9 Å². The van der Waals surface area contributed by atoms with Crippen molar-refractivity contribution in [2.75, 3.05) is 0 Å². The van der Waals surface area contributed by atoms with E-state index < -0.39 is 0 Å². The first-order chi connectivity index (χ1) is 9.85. The van der Waals surface area contributed by atoms with Gasteiger partial charge >= 0.3 is 0 Å². The van der Waals surface area contributed by atoms with Crippen LogP contribution in [0.4, 0.5) is 0 Å². The maximum atomic E-state index is 8.87. The molecule has 0 atom stereocenters. The fraction of sp³-hybridized carbons (Fsp3) is 0.118. The first kappa shape index (κ1) is 12.5. The fourth-order valence-corrected chi connectivity index (χ4v) is 2.31. The largest absolute Gasteiger partial charge is 0.361 e. The number of nitrogens with zero attached hydrogens (tertiary/aromatic N) is 1. The number of hydrogen-bond acceptors (Lipinski definition) is 2. The number of aromatic nitrogens is 1. The average molecular weight is 261 g/mol. The molecule has 3 aromatic rings. The molecule has 0 spiro atoms. The van der Waals surface area contributed by atoms with Crippen LogP contribution in [0, 0.1) is 11.3 Å². The molecule has 1 heterocycles. The van der Waals surface area contributed by atoms with Gasteiger partial charge in [-0.25, -0.2) is 0 Å². The van der Waals surface area contributed by atoms with Gasteiger partial charge in [-0.2, -0.15) is 5.26 Å². The summed E-state index contributed by atoms with van der Waals surface area (Å²) >= 11 is 0. The van der Waals surface area contributed by atoms with Crippen LogP contribution >= 0.6 is 0 Å². The van der Waals surface area contributed by atoms with Crippen LogP contribution in [0.3, 0.4) is 0 Å². The van der Waals surface area contributed by atoms with Gasteiger partial charge in [0.25, 0.3) is 0 Å². The Morgan fingerprint density at radius 1 is 1.00 bits per heavy atom. The predicted molar refractivity (Wildman–Crippen MR) is 80.0 cm³/mol. The van der Waals surface area contributed by atoms with Crippen LogP contribution in [-0.2, 0) is 13.1 Å². The highest BCUT2D eigenvalue weighted by atomic mass is 14.8. The summed E-state index contributed by atoms with van der Waals surface area (Å²) in [5, 5.41) is 13.5. The molecule has 0 aliphatic carbocycles. The van der Waals surface area contributed by atoms with E-state index in [-0.39, 0.29) is 0 Å². The lowest BCUT2D eigenvalue weighted by Gasteiger charge is -2.06. The number of fused-ring (bicyclic) bond motifs is 1. The zero-order valence-electron chi connectivity index (χ0n) is 11.1. The number of H-pyrrole nitrogens is 1. The van der Waals surface area contributed by atoms with Crippen LogP contribution in [0.2, 0.25) is 0 Å². The van der Waals surface area contributed by atoms with Gasteiger partial charge < -0.3 is 10.3 Å². The van der Waals surface area contributed by atoms with Crippen molar-refractivity contribution in [3.8, 4) is 6.07 Å². The fourth-order valence-electron chi connectivity index (χ4n) is 2.31. The number of nitrogens with one attached hydrogen (secondary N) is 2. The molecule has 0 amide bonds. The molecule has 3 rings (SSSR count). The lowest BCUT2D eigenvalue weighted by Crippen LogP contribution is -2.12. The number of nitriles is 1. The van der Waals surface area contributed by atoms with E-state index in [1.165, 1.54) is 10.9 Å². The molecule has 2 aromatic carbocycles. The molecule has 0 aliphatic heterocycles. The second kappa shape index (κ2) is 5.60. The Kier molecular flexibility index (Phi) is 3.49. The van der Waals surface area contributed by atoms with Gasteiger partial charge in [0.1, 0.15) is 0 Å². The standard InChI is InChI=1S/C17H15N3/c18-10-13-2-1-3-14(8-13)11-19-12-15-4-5-17-16(9-15)6-7-20-17/h1-9,19-20H,11-12H2. The summed E-state index contributed by atoms with van der Waals surface area (Å²) in [7, 11) is 0. The Balaban J connectivity index is 1.63. The molecule has 0 fully saturated rings. The summed E-state index contributed by atoms with van der Waals surface area (Å²) in [4.78, 5) is 3.19. The molecule has 0 radical (unpaired) electrons. The van der Waals surface area contributed by atoms with E-state index in [1.807, 2.05) is 30.5 Å². The Morgan fingerprint density at radius 3 is 2.70 bits per heavy atom. The van der Waals surface area contributed by atoms with Crippen molar-refractivity contribution in [2.45, 2.75) is 13.1 Å². The van der Waals surface area contributed by atoms with Crippen molar-refractivity contribution in [3.63, 3.8) is 0 Å². The highest BCUT2D eigenvalue weighted by Crippen LogP contribution is 2.14. The first-order valence-electron chi connectivity index (χ1n) is 6.61. The number of rotatable bonds is 4. The third kappa shape index (κ3) is 2.71. The normalized spacial score (nSPS) is 10.6. The zero-order chi connectivity index (χ0) is 13.8. The van der Waals surface area contributed by atoms with Crippen molar-refractivity contribution in [2.24, 2.45) is 0 Å². The van der Waals surface area contributed by atoms with E-state index in [9.17, 15) is 0 Å². The molecule has 3 nitrogen and oxygen atoms in total. The molecule has 20 heavy (non-hydrogen) atoms. The van der Waals surface area contributed by atoms with Crippen LogP contribution in [0.15, 0.2) is 54.7 Å². The van der Waals surface area contributed by atoms with Crippen LogP contribution in [0.1, 0.15) is 16.7 Å². The Hall–Kier alpha value is -2.57. The SMILES string of the molecule is N#Cc1cccc(CNCc2ccc3[nH]ccc3c2)c1. The van der Waals surface area contributed by atoms with Gasteiger partial charge in [-0.1, -0.05) is 18.2 Å². The molecule has 0 aliphatic rings. The molecule has 1 aromatic heterocycles. The van der Waals surface area contributed by atoms with Crippen molar-refractivity contribution in [1.82, 2.24) is 10.3 Å². The van der Waals surface area contributed by atoms with Gasteiger partial charge in [0, 0.05) is 24.8 Å². The molecular weight excluding hydrogens is 246 g/mol. The predicted octanol–water partition coefficient (Wildman–Crippen LogP) is 3.33. The monoisotopic (exact) mass is 261 g/mol. The Bertz CT molecular complexity index is 765. The highest BCUT2D eigenvalue weighted by Gasteiger charge is 1.98. The van der Waals surface area contributed by atoms with Gasteiger partial charge in [0.15, 0.2) is 0 Å². The summed E-state index contributed by atoms with van der Waals surface area (Å²) < 4.78 is 0. The third-order valence-electron chi connectivity index (χ3n) is 3.33. The second-order valence-corrected chi connectivity index (χ2v) is 4.82. The number of benzene rings is 2.